The molecule has 3 aliphatic heterocycles. The van der Waals surface area contributed by atoms with E-state index >= 15 is 0 Å². The molecule has 6 rings (SSSR count). The number of amides is 1. The van der Waals surface area contributed by atoms with E-state index in [1.165, 1.54) is 22.1 Å². The number of aromatic nitrogens is 2. The van der Waals surface area contributed by atoms with Crippen molar-refractivity contribution in [2.75, 3.05) is 39.3 Å². The highest BCUT2D eigenvalue weighted by Crippen LogP contribution is 2.30. The molecule has 2 fully saturated rings. The van der Waals surface area contributed by atoms with Crippen LogP contribution in [0.15, 0.2) is 29.3 Å². The van der Waals surface area contributed by atoms with Gasteiger partial charge in [0, 0.05) is 66.0 Å². The van der Waals surface area contributed by atoms with Gasteiger partial charge in [-0.1, -0.05) is 18.0 Å². The smallest absolute Gasteiger partial charge is 0.324 e. The third-order valence-electron chi connectivity index (χ3n) is 8.67. The number of esters is 1. The molecule has 2 aromatic heterocycles. The van der Waals surface area contributed by atoms with Gasteiger partial charge in [0.1, 0.15) is 16.7 Å². The Morgan fingerprint density at radius 2 is 1.89 bits per heavy atom. The van der Waals surface area contributed by atoms with Gasteiger partial charge in [-0.2, -0.15) is 4.31 Å². The summed E-state index contributed by atoms with van der Waals surface area (Å²) in [6.07, 6.45) is 4.55. The van der Waals surface area contributed by atoms with Crippen LogP contribution in [-0.2, 0) is 32.5 Å². The molecule has 3 aliphatic rings. The molecule has 244 valence electrons. The molecule has 2 N–H and O–H groups in total. The number of ether oxygens (including phenoxy) is 1. The minimum Gasteiger partial charge on any atom is -0.459 e. The summed E-state index contributed by atoms with van der Waals surface area (Å²) < 4.78 is 34.7. The molecule has 0 bridgehead atoms. The summed E-state index contributed by atoms with van der Waals surface area (Å²) in [4.78, 5) is 39.6. The second kappa shape index (κ2) is 12.9. The third-order valence-corrected chi connectivity index (χ3v) is 11.8. The molecule has 0 saturated carbocycles. The second-order valence-electron chi connectivity index (χ2n) is 13.1. The second-order valence-corrected chi connectivity index (χ2v) is 16.6. The first-order chi connectivity index (χ1) is 21.4. The number of H-pyrrole nitrogens is 1. The first-order valence-electron chi connectivity index (χ1n) is 15.6. The molecule has 1 aromatic carbocycles. The molecule has 2 saturated heterocycles. The van der Waals surface area contributed by atoms with Gasteiger partial charge in [0.25, 0.3) is 15.9 Å². The number of aromatic amines is 1. The van der Waals surface area contributed by atoms with Gasteiger partial charge in [-0.05, 0) is 77.4 Å². The molecule has 45 heavy (non-hydrogen) atoms. The van der Waals surface area contributed by atoms with Gasteiger partial charge < -0.3 is 19.5 Å². The van der Waals surface area contributed by atoms with Crippen LogP contribution < -0.4 is 5.32 Å². The lowest BCUT2D eigenvalue weighted by Gasteiger charge is -2.41. The van der Waals surface area contributed by atoms with Crippen molar-refractivity contribution in [1.29, 1.82) is 0 Å². The first kappa shape index (κ1) is 32.4. The number of carbonyl (C=O) groups is 2. The van der Waals surface area contributed by atoms with E-state index in [0.29, 0.717) is 34.9 Å². The number of hydrogen-bond donors (Lipinski definition) is 2. The number of fused-ring (bicyclic) bond motifs is 2. The minimum atomic E-state index is -3.84. The molecule has 14 heteroatoms. The van der Waals surface area contributed by atoms with E-state index in [1.54, 1.807) is 24.3 Å². The quantitative estimate of drug-likeness (QED) is 0.359. The van der Waals surface area contributed by atoms with E-state index in [4.69, 9.17) is 21.3 Å². The average molecular weight is 677 g/mol. The zero-order valence-electron chi connectivity index (χ0n) is 26.0. The normalized spacial score (nSPS) is 22.0. The fourth-order valence-corrected chi connectivity index (χ4v) is 9.01. The summed E-state index contributed by atoms with van der Waals surface area (Å²) in [6, 6.07) is 6.03. The van der Waals surface area contributed by atoms with Gasteiger partial charge in [-0.3, -0.25) is 14.9 Å². The standard InChI is InChI=1S/C31H41ClN6O5S2/c1-31(2,3)43-30(40)25-17-24-26(18-33-25)44-28(35-24)29(39)38-14-13-37(19-22(38)9-12-36-10-5-4-6-11-36)45(41,42)27-16-20-15-21(32)7-8-23(20)34-27/h7-8,15-16,22,25,33-34H,4-6,9-14,17-19H2,1-3H3. The maximum absolute atomic E-state index is 14.0. The van der Waals surface area contributed by atoms with Gasteiger partial charge in [0.05, 0.1) is 5.69 Å². The molecule has 2 atom stereocenters. The van der Waals surface area contributed by atoms with Crippen LogP contribution >= 0.6 is 22.9 Å². The Balaban J connectivity index is 1.20. The summed E-state index contributed by atoms with van der Waals surface area (Å²) in [5.74, 6) is -0.522. The number of halogens is 1. The molecular formula is C31H41ClN6O5S2. The van der Waals surface area contributed by atoms with E-state index in [0.717, 1.165) is 48.4 Å². The molecule has 0 aliphatic carbocycles. The molecule has 0 radical (unpaired) electrons. The summed E-state index contributed by atoms with van der Waals surface area (Å²) in [5.41, 5.74) is 0.843. The number of rotatable bonds is 7. The maximum atomic E-state index is 14.0. The van der Waals surface area contributed by atoms with Crippen LogP contribution in [0, 0.1) is 0 Å². The minimum absolute atomic E-state index is 0.119. The van der Waals surface area contributed by atoms with Crippen LogP contribution in [0.4, 0.5) is 0 Å². The van der Waals surface area contributed by atoms with E-state index in [1.807, 2.05) is 25.7 Å². The largest absolute Gasteiger partial charge is 0.459 e. The first-order valence-corrected chi connectivity index (χ1v) is 18.3. The average Bonchev–Trinajstić information content (AvgIpc) is 3.63. The monoisotopic (exact) mass is 676 g/mol. The Hall–Kier alpha value is -2.55. The number of nitrogens with zero attached hydrogens (tertiary/aromatic N) is 4. The zero-order chi connectivity index (χ0) is 31.9. The number of sulfonamides is 1. The van der Waals surface area contributed by atoms with E-state index in [2.05, 4.69) is 15.2 Å². The highest BCUT2D eigenvalue weighted by atomic mass is 35.5. The van der Waals surface area contributed by atoms with Crippen LogP contribution in [0.1, 0.15) is 66.8 Å². The number of benzene rings is 1. The van der Waals surface area contributed by atoms with Gasteiger partial charge in [0.2, 0.25) is 0 Å². The maximum Gasteiger partial charge on any atom is 0.324 e. The van der Waals surface area contributed by atoms with Gasteiger partial charge in [0.15, 0.2) is 5.01 Å². The zero-order valence-corrected chi connectivity index (χ0v) is 28.4. The van der Waals surface area contributed by atoms with Gasteiger partial charge >= 0.3 is 5.97 Å². The Morgan fingerprint density at radius 1 is 1.11 bits per heavy atom. The fourth-order valence-electron chi connectivity index (χ4n) is 6.35. The molecule has 11 nitrogen and oxygen atoms in total. The third kappa shape index (κ3) is 7.23. The van der Waals surface area contributed by atoms with Crippen molar-refractivity contribution < 1.29 is 22.7 Å². The van der Waals surface area contributed by atoms with Crippen LogP contribution in [0.3, 0.4) is 0 Å². The van der Waals surface area contributed by atoms with E-state index in [-0.39, 0.29) is 42.6 Å². The highest BCUT2D eigenvalue weighted by molar-refractivity contribution is 7.89. The number of hydrogen-bond acceptors (Lipinski definition) is 9. The Bertz CT molecular complexity index is 1680. The lowest BCUT2D eigenvalue weighted by atomic mass is 10.1. The van der Waals surface area contributed by atoms with Crippen molar-refractivity contribution in [3.8, 4) is 0 Å². The lowest BCUT2D eigenvalue weighted by Crippen LogP contribution is -2.57. The van der Waals surface area contributed by atoms with Crippen molar-refractivity contribution >= 4 is 55.7 Å². The lowest BCUT2D eigenvalue weighted by molar-refractivity contribution is -0.157. The van der Waals surface area contributed by atoms with Crippen LogP contribution in [0.2, 0.25) is 5.02 Å². The van der Waals surface area contributed by atoms with Crippen molar-refractivity contribution in [3.63, 3.8) is 0 Å². The van der Waals surface area contributed by atoms with E-state index < -0.39 is 21.7 Å². The predicted octanol–water partition coefficient (Wildman–Crippen LogP) is 4.03. The van der Waals surface area contributed by atoms with Crippen LogP contribution in [0.5, 0.6) is 0 Å². The molecule has 3 aromatic rings. The van der Waals surface area contributed by atoms with Crippen LogP contribution in [-0.4, -0.2) is 101 Å². The molecule has 5 heterocycles. The van der Waals surface area contributed by atoms with Crippen molar-refractivity contribution in [2.24, 2.45) is 0 Å². The van der Waals surface area contributed by atoms with Crippen molar-refractivity contribution in [1.82, 2.24) is 29.4 Å². The fraction of sp³-hybridized carbons (Fsp3) is 0.581. The number of carbonyl (C=O) groups excluding carboxylic acids is 2. The van der Waals surface area contributed by atoms with E-state index in [9.17, 15) is 18.0 Å². The summed E-state index contributed by atoms with van der Waals surface area (Å²) in [7, 11) is -3.84. The Morgan fingerprint density at radius 3 is 2.64 bits per heavy atom. The molecule has 2 unspecified atom stereocenters. The Kier molecular flexibility index (Phi) is 9.30. The number of piperidine rings is 1. The highest BCUT2D eigenvalue weighted by Gasteiger charge is 2.39. The van der Waals surface area contributed by atoms with Crippen molar-refractivity contribution in [2.45, 2.75) is 82.1 Å². The SMILES string of the molecule is CC(C)(C)OC(=O)C1Cc2nc(C(=O)N3CCN(S(=O)(=O)c4cc5cc(Cl)ccc5[nH]4)CC3CCN3CCCCC3)sc2CN1. The predicted molar refractivity (Wildman–Crippen MR) is 174 cm³/mol. The summed E-state index contributed by atoms with van der Waals surface area (Å²) in [5, 5.41) is 4.99. The van der Waals surface area contributed by atoms with Crippen LogP contribution in [0.25, 0.3) is 10.9 Å². The number of piperazine rings is 1. The summed E-state index contributed by atoms with van der Waals surface area (Å²) in [6.45, 7) is 9.41. The van der Waals surface area contributed by atoms with Gasteiger partial charge in [-0.25, -0.2) is 13.4 Å². The molecule has 1 amide bonds. The number of likely N-dealkylation sites (tertiary alicyclic amines) is 1. The Labute approximate surface area is 273 Å². The molecular weight excluding hydrogens is 636 g/mol. The topological polar surface area (TPSA) is 128 Å². The number of thiazole rings is 1. The molecule has 0 spiro atoms. The van der Waals surface area contributed by atoms with Gasteiger partial charge in [-0.15, -0.1) is 11.3 Å². The number of nitrogens with one attached hydrogen (secondary N) is 2. The van der Waals surface area contributed by atoms with Crippen molar-refractivity contribution in [3.05, 3.63) is 44.9 Å². The summed E-state index contributed by atoms with van der Waals surface area (Å²) >= 11 is 7.48.